The predicted octanol–water partition coefficient (Wildman–Crippen LogP) is 1.55. The van der Waals surface area contributed by atoms with Crippen LogP contribution in [0.1, 0.15) is 18.4 Å². The fraction of sp³-hybridized carbons (Fsp3) is 0.571. The maximum atomic E-state index is 6.31. The molecule has 1 aromatic heterocycles. The summed E-state index contributed by atoms with van der Waals surface area (Å²) < 4.78 is 6.31. The number of fused-ring (bicyclic) bond motifs is 1. The predicted molar refractivity (Wildman–Crippen MR) is 78.7 cm³/mol. The van der Waals surface area contributed by atoms with Crippen LogP contribution in [0, 0.1) is 0 Å². The highest BCUT2D eigenvalue weighted by Gasteiger charge is 2.40. The van der Waals surface area contributed by atoms with Gasteiger partial charge in [-0.25, -0.2) is 4.98 Å². The highest BCUT2D eigenvalue weighted by atomic mass is 32.1. The Bertz CT molecular complexity index is 497. The molecule has 5 heteroatoms. The van der Waals surface area contributed by atoms with Gasteiger partial charge in [-0.2, -0.15) is 0 Å². The Kier molecular flexibility index (Phi) is 3.19. The van der Waals surface area contributed by atoms with Crippen LogP contribution in [0.4, 0.5) is 0 Å². The minimum Gasteiger partial charge on any atom is -0.469 e. The van der Waals surface area contributed by atoms with Crippen molar-refractivity contribution in [3.8, 4) is 5.88 Å². The lowest BCUT2D eigenvalue weighted by molar-refractivity contribution is -0.00387. The second-order valence-corrected chi connectivity index (χ2v) is 5.99. The molecule has 0 unspecified atom stereocenters. The molecule has 3 heterocycles. The summed E-state index contributed by atoms with van der Waals surface area (Å²) in [4.78, 5) is 9.69. The van der Waals surface area contributed by atoms with Gasteiger partial charge in [0.05, 0.1) is 12.1 Å². The van der Waals surface area contributed by atoms with Gasteiger partial charge >= 0.3 is 0 Å². The molecule has 2 aliphatic heterocycles. The summed E-state index contributed by atoms with van der Waals surface area (Å²) in [6.07, 6.45) is 3.81. The number of piperidine rings is 1. The van der Waals surface area contributed by atoms with Gasteiger partial charge in [-0.15, -0.1) is 0 Å². The molecule has 1 spiro atoms. The Hall–Kier alpha value is -1.20. The van der Waals surface area contributed by atoms with Crippen molar-refractivity contribution >= 4 is 17.2 Å². The van der Waals surface area contributed by atoms with E-state index in [2.05, 4.69) is 21.8 Å². The zero-order valence-electron chi connectivity index (χ0n) is 11.4. The molecule has 0 radical (unpaired) electrons. The molecule has 0 aliphatic carbocycles. The third-order valence-electron chi connectivity index (χ3n) is 4.09. The second-order valence-electron chi connectivity index (χ2n) is 5.61. The third-order valence-corrected chi connectivity index (χ3v) is 4.62. The molecule has 3 rings (SSSR count). The van der Waals surface area contributed by atoms with Gasteiger partial charge in [0.15, 0.2) is 0 Å². The molecule has 2 aliphatic rings. The molecule has 102 valence electrons. The Balaban J connectivity index is 1.96. The summed E-state index contributed by atoms with van der Waals surface area (Å²) in [6, 6.07) is 3.91. The first-order valence-corrected chi connectivity index (χ1v) is 7.09. The molecule has 1 fully saturated rings. The number of likely N-dealkylation sites (N-methyl/N-ethyl adjacent to an activating group) is 1. The topological polar surface area (TPSA) is 28.6 Å². The van der Waals surface area contributed by atoms with Gasteiger partial charge in [0.25, 0.3) is 0 Å². The van der Waals surface area contributed by atoms with E-state index in [1.807, 2.05) is 19.2 Å². The van der Waals surface area contributed by atoms with Crippen LogP contribution in [0.15, 0.2) is 18.3 Å². The molecule has 0 amide bonds. The number of nitrogens with zero attached hydrogens (tertiary/aromatic N) is 3. The second kappa shape index (κ2) is 4.72. The number of ether oxygens (including phenoxy) is 1. The highest BCUT2D eigenvalue weighted by molar-refractivity contribution is 7.80. The van der Waals surface area contributed by atoms with E-state index in [4.69, 9.17) is 17.0 Å². The van der Waals surface area contributed by atoms with Gasteiger partial charge < -0.3 is 14.5 Å². The summed E-state index contributed by atoms with van der Waals surface area (Å²) in [7, 11) is 4.21. The zero-order valence-corrected chi connectivity index (χ0v) is 12.2. The standard InChI is InChI=1S/C14H19N3OS/c1-16-8-5-14(6-9-16)10-17(2)13(19)11-4-3-7-15-12(11)18-14/h3-4,7H,5-6,8-10H2,1-2H3. The van der Waals surface area contributed by atoms with E-state index in [0.717, 1.165) is 43.0 Å². The largest absolute Gasteiger partial charge is 0.469 e. The van der Waals surface area contributed by atoms with Gasteiger partial charge in [-0.3, -0.25) is 0 Å². The highest BCUT2D eigenvalue weighted by Crippen LogP contribution is 2.33. The smallest absolute Gasteiger partial charge is 0.224 e. The molecule has 0 atom stereocenters. The molecular formula is C14H19N3OS. The van der Waals surface area contributed by atoms with E-state index in [9.17, 15) is 0 Å². The van der Waals surface area contributed by atoms with Crippen LogP contribution < -0.4 is 4.74 Å². The van der Waals surface area contributed by atoms with Crippen LogP contribution in [0.3, 0.4) is 0 Å². The van der Waals surface area contributed by atoms with Crippen LogP contribution in [0.5, 0.6) is 5.88 Å². The fourth-order valence-corrected chi connectivity index (χ4v) is 3.09. The summed E-state index contributed by atoms with van der Waals surface area (Å²) in [5.74, 6) is 0.696. The van der Waals surface area contributed by atoms with E-state index in [-0.39, 0.29) is 5.60 Å². The van der Waals surface area contributed by atoms with Crippen LogP contribution in [-0.4, -0.2) is 59.1 Å². The quantitative estimate of drug-likeness (QED) is 0.671. The monoisotopic (exact) mass is 277 g/mol. The molecule has 0 N–H and O–H groups in total. The van der Waals surface area contributed by atoms with Crippen molar-refractivity contribution in [2.24, 2.45) is 0 Å². The number of likely N-dealkylation sites (tertiary alicyclic amines) is 1. The molecule has 1 aromatic rings. The van der Waals surface area contributed by atoms with Crippen molar-refractivity contribution in [1.82, 2.24) is 14.8 Å². The fourth-order valence-electron chi connectivity index (χ4n) is 2.87. The maximum Gasteiger partial charge on any atom is 0.224 e. The average molecular weight is 277 g/mol. The summed E-state index contributed by atoms with van der Waals surface area (Å²) in [5.41, 5.74) is 0.793. The molecule has 0 aromatic carbocycles. The lowest BCUT2D eigenvalue weighted by atomic mass is 9.91. The molecule has 0 bridgehead atoms. The van der Waals surface area contributed by atoms with Crippen LogP contribution in [0.2, 0.25) is 0 Å². The third kappa shape index (κ3) is 2.32. The molecular weight excluding hydrogens is 258 g/mol. The van der Waals surface area contributed by atoms with Crippen molar-refractivity contribution in [2.45, 2.75) is 18.4 Å². The maximum absolute atomic E-state index is 6.31. The average Bonchev–Trinajstić information content (AvgIpc) is 2.51. The van der Waals surface area contributed by atoms with E-state index in [1.165, 1.54) is 0 Å². The number of pyridine rings is 1. The van der Waals surface area contributed by atoms with E-state index < -0.39 is 0 Å². The number of aromatic nitrogens is 1. The first-order chi connectivity index (χ1) is 9.10. The Labute approximate surface area is 119 Å². The first kappa shape index (κ1) is 12.8. The van der Waals surface area contributed by atoms with Crippen LogP contribution >= 0.6 is 12.2 Å². The van der Waals surface area contributed by atoms with Crippen molar-refractivity contribution < 1.29 is 4.74 Å². The Morgan fingerprint density at radius 1 is 1.32 bits per heavy atom. The van der Waals surface area contributed by atoms with Gasteiger partial charge in [0.2, 0.25) is 5.88 Å². The van der Waals surface area contributed by atoms with E-state index in [1.54, 1.807) is 6.20 Å². The van der Waals surface area contributed by atoms with Crippen LogP contribution in [-0.2, 0) is 0 Å². The normalized spacial score (nSPS) is 22.8. The minimum absolute atomic E-state index is 0.148. The Morgan fingerprint density at radius 2 is 2.05 bits per heavy atom. The lowest BCUT2D eigenvalue weighted by Crippen LogP contribution is -2.52. The van der Waals surface area contributed by atoms with Gasteiger partial charge in [0.1, 0.15) is 10.6 Å². The number of hydrogen-bond donors (Lipinski definition) is 0. The molecule has 4 nitrogen and oxygen atoms in total. The van der Waals surface area contributed by atoms with Crippen molar-refractivity contribution in [1.29, 1.82) is 0 Å². The van der Waals surface area contributed by atoms with Gasteiger partial charge in [-0.1, -0.05) is 12.2 Å². The summed E-state index contributed by atoms with van der Waals surface area (Å²) >= 11 is 5.54. The number of thiocarbonyl (C=S) groups is 1. The van der Waals surface area contributed by atoms with Crippen molar-refractivity contribution in [2.75, 3.05) is 33.7 Å². The Morgan fingerprint density at radius 3 is 2.79 bits per heavy atom. The number of hydrogen-bond acceptors (Lipinski definition) is 4. The van der Waals surface area contributed by atoms with Crippen LogP contribution in [0.25, 0.3) is 0 Å². The van der Waals surface area contributed by atoms with Gasteiger partial charge in [-0.05, 0) is 19.2 Å². The van der Waals surface area contributed by atoms with Crippen molar-refractivity contribution in [3.63, 3.8) is 0 Å². The summed E-state index contributed by atoms with van der Waals surface area (Å²) in [5, 5.41) is 0. The van der Waals surface area contributed by atoms with E-state index >= 15 is 0 Å². The summed E-state index contributed by atoms with van der Waals surface area (Å²) in [6.45, 7) is 2.96. The van der Waals surface area contributed by atoms with Crippen molar-refractivity contribution in [3.05, 3.63) is 23.9 Å². The lowest BCUT2D eigenvalue weighted by Gasteiger charge is -2.41. The molecule has 0 saturated carbocycles. The zero-order chi connectivity index (χ0) is 13.5. The molecule has 19 heavy (non-hydrogen) atoms. The minimum atomic E-state index is -0.148. The molecule has 1 saturated heterocycles. The first-order valence-electron chi connectivity index (χ1n) is 6.68. The van der Waals surface area contributed by atoms with Gasteiger partial charge in [0, 0.05) is 39.2 Å². The SMILES string of the molecule is CN1CCC2(CC1)CN(C)C(=S)c1cccnc1O2. The van der Waals surface area contributed by atoms with E-state index in [0.29, 0.717) is 5.88 Å². The number of rotatable bonds is 0.